The van der Waals surface area contributed by atoms with Gasteiger partial charge in [0.05, 0.1) is 23.3 Å². The Hall–Kier alpha value is -3.06. The fraction of sp³-hybridized carbons (Fsp3) is 0.190. The number of anilines is 2. The minimum atomic E-state index is -0.363. The van der Waals surface area contributed by atoms with E-state index in [-0.39, 0.29) is 17.7 Å². The van der Waals surface area contributed by atoms with Gasteiger partial charge < -0.3 is 10.1 Å². The number of hydrogen-bond donors (Lipinski definition) is 1. The minimum absolute atomic E-state index is 0.189. The zero-order valence-corrected chi connectivity index (χ0v) is 16.6. The molecule has 3 rings (SSSR count). The topological polar surface area (TPSA) is 75.7 Å². The van der Waals surface area contributed by atoms with E-state index in [1.165, 1.54) is 23.6 Å². The van der Waals surface area contributed by atoms with Crippen molar-refractivity contribution in [2.45, 2.75) is 13.8 Å². The third-order valence-corrected chi connectivity index (χ3v) is 5.11. The van der Waals surface area contributed by atoms with Crippen molar-refractivity contribution in [3.05, 3.63) is 59.0 Å². The molecule has 0 saturated carbocycles. The van der Waals surface area contributed by atoms with E-state index in [2.05, 4.69) is 5.32 Å². The molecular formula is C21H20N2O4S. The van der Waals surface area contributed by atoms with Gasteiger partial charge in [0.1, 0.15) is 5.75 Å². The normalized spacial score (nSPS) is 13.9. The van der Waals surface area contributed by atoms with Crippen molar-refractivity contribution < 1.29 is 19.1 Å². The average molecular weight is 396 g/mol. The van der Waals surface area contributed by atoms with Crippen molar-refractivity contribution >= 4 is 46.4 Å². The summed E-state index contributed by atoms with van der Waals surface area (Å²) in [5.41, 5.74) is 2.13. The summed E-state index contributed by atoms with van der Waals surface area (Å²) in [6.07, 6.45) is 0. The number of carbonyl (C=O) groups excluding carboxylic acids is 3. The Morgan fingerprint density at radius 1 is 1.04 bits per heavy atom. The summed E-state index contributed by atoms with van der Waals surface area (Å²) in [5.74, 6) is 0.458. The Balaban J connectivity index is 1.97. The SMILES string of the molecule is CCSC1=C(c2ccc(OC)cc2)C(=O)N(c2ccc(NC(C)=O)cc2)C1=O. The first-order chi connectivity index (χ1) is 13.5. The van der Waals surface area contributed by atoms with Crippen LogP contribution in [0.15, 0.2) is 53.4 Å². The van der Waals surface area contributed by atoms with E-state index in [9.17, 15) is 14.4 Å². The number of hydrogen-bond acceptors (Lipinski definition) is 5. The van der Waals surface area contributed by atoms with E-state index in [0.717, 1.165) is 0 Å². The average Bonchev–Trinajstić information content (AvgIpc) is 2.92. The number of amides is 3. The minimum Gasteiger partial charge on any atom is -0.497 e. The molecule has 1 aliphatic heterocycles. The Kier molecular flexibility index (Phi) is 5.84. The molecule has 0 aromatic heterocycles. The summed E-state index contributed by atoms with van der Waals surface area (Å²) in [4.78, 5) is 38.9. The molecular weight excluding hydrogens is 376 g/mol. The predicted molar refractivity (Wildman–Crippen MR) is 111 cm³/mol. The lowest BCUT2D eigenvalue weighted by molar-refractivity contribution is -0.120. The summed E-state index contributed by atoms with van der Waals surface area (Å²) in [7, 11) is 1.57. The molecule has 1 heterocycles. The quantitative estimate of drug-likeness (QED) is 0.754. The van der Waals surface area contributed by atoms with Crippen LogP contribution in [0.1, 0.15) is 19.4 Å². The molecule has 1 aliphatic rings. The van der Waals surface area contributed by atoms with Gasteiger partial charge in [-0.05, 0) is 47.7 Å². The van der Waals surface area contributed by atoms with Crippen molar-refractivity contribution in [3.63, 3.8) is 0 Å². The van der Waals surface area contributed by atoms with E-state index in [1.54, 1.807) is 55.6 Å². The maximum atomic E-state index is 13.2. The Morgan fingerprint density at radius 2 is 1.68 bits per heavy atom. The van der Waals surface area contributed by atoms with Crippen LogP contribution >= 0.6 is 11.8 Å². The van der Waals surface area contributed by atoms with E-state index in [1.807, 2.05) is 6.92 Å². The van der Waals surface area contributed by atoms with Crippen LogP contribution in [0.3, 0.4) is 0 Å². The van der Waals surface area contributed by atoms with Crippen LogP contribution in [0.2, 0.25) is 0 Å². The summed E-state index contributed by atoms with van der Waals surface area (Å²) in [6, 6.07) is 13.7. The number of thioether (sulfide) groups is 1. The van der Waals surface area contributed by atoms with E-state index >= 15 is 0 Å². The number of nitrogens with one attached hydrogen (secondary N) is 1. The highest BCUT2D eigenvalue weighted by molar-refractivity contribution is 8.04. The van der Waals surface area contributed by atoms with Gasteiger partial charge in [-0.2, -0.15) is 0 Å². The van der Waals surface area contributed by atoms with Crippen LogP contribution in [0, 0.1) is 0 Å². The highest BCUT2D eigenvalue weighted by Crippen LogP contribution is 2.38. The zero-order chi connectivity index (χ0) is 20.3. The number of imide groups is 1. The molecule has 144 valence electrons. The molecule has 0 fully saturated rings. The molecule has 0 saturated heterocycles. The third-order valence-electron chi connectivity index (χ3n) is 4.15. The summed E-state index contributed by atoms with van der Waals surface area (Å²) in [6.45, 7) is 3.35. The van der Waals surface area contributed by atoms with Gasteiger partial charge in [0.25, 0.3) is 11.8 Å². The van der Waals surface area contributed by atoms with Gasteiger partial charge in [0.2, 0.25) is 5.91 Å². The lowest BCUT2D eigenvalue weighted by Gasteiger charge is -2.16. The standard InChI is InChI=1S/C21H20N2O4S/c1-4-28-19-18(14-5-11-17(27-3)12-6-14)20(25)23(21(19)26)16-9-7-15(8-10-16)22-13(2)24/h5-12H,4H2,1-3H3,(H,22,24). The monoisotopic (exact) mass is 396 g/mol. The number of ether oxygens (including phenoxy) is 1. The first-order valence-corrected chi connectivity index (χ1v) is 9.72. The first-order valence-electron chi connectivity index (χ1n) is 8.74. The summed E-state index contributed by atoms with van der Waals surface area (Å²) in [5, 5.41) is 2.67. The molecule has 0 aliphatic carbocycles. The van der Waals surface area contributed by atoms with Crippen molar-refractivity contribution in [3.8, 4) is 5.75 Å². The largest absolute Gasteiger partial charge is 0.497 e. The fourth-order valence-electron chi connectivity index (χ4n) is 2.93. The van der Waals surface area contributed by atoms with E-state index in [0.29, 0.717) is 38.9 Å². The number of benzene rings is 2. The molecule has 0 radical (unpaired) electrons. The van der Waals surface area contributed by atoms with Crippen molar-refractivity contribution in [1.29, 1.82) is 0 Å². The van der Waals surface area contributed by atoms with Gasteiger partial charge >= 0.3 is 0 Å². The second kappa shape index (κ2) is 8.31. The van der Waals surface area contributed by atoms with E-state index < -0.39 is 0 Å². The van der Waals surface area contributed by atoms with Gasteiger partial charge in [-0.15, -0.1) is 11.8 Å². The second-order valence-corrected chi connectivity index (χ2v) is 7.31. The number of nitrogens with zero attached hydrogens (tertiary/aromatic N) is 1. The molecule has 3 amide bonds. The number of carbonyl (C=O) groups is 3. The second-order valence-electron chi connectivity index (χ2n) is 6.04. The third kappa shape index (κ3) is 3.80. The maximum absolute atomic E-state index is 13.2. The van der Waals surface area contributed by atoms with Crippen LogP contribution in [0.4, 0.5) is 11.4 Å². The smallest absolute Gasteiger partial charge is 0.272 e. The van der Waals surface area contributed by atoms with Gasteiger partial charge in [0, 0.05) is 12.6 Å². The maximum Gasteiger partial charge on any atom is 0.272 e. The lowest BCUT2D eigenvalue weighted by atomic mass is 10.1. The highest BCUT2D eigenvalue weighted by atomic mass is 32.2. The molecule has 7 heteroatoms. The Morgan fingerprint density at radius 3 is 2.21 bits per heavy atom. The van der Waals surface area contributed by atoms with E-state index in [4.69, 9.17) is 4.74 Å². The van der Waals surface area contributed by atoms with Crippen molar-refractivity contribution in [2.24, 2.45) is 0 Å². The molecule has 1 N–H and O–H groups in total. The van der Waals surface area contributed by atoms with Gasteiger partial charge in [0.15, 0.2) is 0 Å². The van der Waals surface area contributed by atoms with Gasteiger partial charge in [-0.1, -0.05) is 19.1 Å². The predicted octanol–water partition coefficient (Wildman–Crippen LogP) is 3.69. The van der Waals surface area contributed by atoms with Crippen molar-refractivity contribution in [2.75, 3.05) is 23.1 Å². The lowest BCUT2D eigenvalue weighted by Crippen LogP contribution is -2.31. The Bertz CT molecular complexity index is 949. The van der Waals surface area contributed by atoms with Crippen molar-refractivity contribution in [1.82, 2.24) is 0 Å². The molecule has 0 unspecified atom stereocenters. The number of rotatable bonds is 6. The van der Waals surface area contributed by atoms with Gasteiger partial charge in [-0.3, -0.25) is 14.4 Å². The number of methoxy groups -OCH3 is 1. The molecule has 2 aromatic rings. The molecule has 6 nitrogen and oxygen atoms in total. The van der Waals surface area contributed by atoms with Crippen LogP contribution in [-0.4, -0.2) is 30.6 Å². The molecule has 28 heavy (non-hydrogen) atoms. The first kappa shape index (κ1) is 19.7. The van der Waals surface area contributed by atoms with Gasteiger partial charge in [-0.25, -0.2) is 4.90 Å². The molecule has 0 atom stereocenters. The molecule has 0 spiro atoms. The summed E-state index contributed by atoms with van der Waals surface area (Å²) >= 11 is 1.35. The van der Waals surface area contributed by atoms with Crippen LogP contribution in [-0.2, 0) is 14.4 Å². The fourth-order valence-corrected chi connectivity index (χ4v) is 3.78. The molecule has 0 bridgehead atoms. The van der Waals surface area contributed by atoms with Crippen LogP contribution < -0.4 is 15.0 Å². The van der Waals surface area contributed by atoms with Crippen LogP contribution in [0.25, 0.3) is 5.57 Å². The Labute approximate surface area is 167 Å². The summed E-state index contributed by atoms with van der Waals surface area (Å²) < 4.78 is 5.17. The zero-order valence-electron chi connectivity index (χ0n) is 15.8. The highest BCUT2D eigenvalue weighted by Gasteiger charge is 2.39. The molecule has 2 aromatic carbocycles. The van der Waals surface area contributed by atoms with Crippen LogP contribution in [0.5, 0.6) is 5.75 Å².